The van der Waals surface area contributed by atoms with E-state index in [1.54, 1.807) is 17.8 Å². The predicted molar refractivity (Wildman–Crippen MR) is 74.4 cm³/mol. The summed E-state index contributed by atoms with van der Waals surface area (Å²) in [5, 5.41) is 6.73. The molecule has 1 aromatic carbocycles. The Kier molecular flexibility index (Phi) is 4.67. The van der Waals surface area contributed by atoms with Gasteiger partial charge in [-0.1, -0.05) is 6.07 Å². The molecule has 0 radical (unpaired) electrons. The molecule has 1 atom stereocenters. The van der Waals surface area contributed by atoms with Crippen LogP contribution in [-0.2, 0) is 18.3 Å². The van der Waals surface area contributed by atoms with Crippen LogP contribution in [-0.4, -0.2) is 15.7 Å². The van der Waals surface area contributed by atoms with Crippen molar-refractivity contribution in [1.82, 2.24) is 15.1 Å². The Bertz CT molecular complexity index is 640. The maximum Gasteiger partial charge on any atom is 0.220 e. The van der Waals surface area contributed by atoms with Crippen LogP contribution < -0.4 is 5.32 Å². The lowest BCUT2D eigenvalue weighted by Gasteiger charge is -2.15. The highest BCUT2D eigenvalue weighted by Gasteiger charge is 2.14. The SMILES string of the molecule is CC(NC(=O)CCc1cnn(C)c1)c1ccc(F)cc1F. The van der Waals surface area contributed by atoms with Crippen molar-refractivity contribution in [3.05, 3.63) is 53.4 Å². The van der Waals surface area contributed by atoms with E-state index in [4.69, 9.17) is 0 Å². The standard InChI is InChI=1S/C15H17F2N3O/c1-10(13-5-4-12(16)7-14(13)17)19-15(21)6-3-11-8-18-20(2)9-11/h4-5,7-10H,3,6H2,1-2H3,(H,19,21). The van der Waals surface area contributed by atoms with E-state index in [1.807, 2.05) is 13.2 Å². The molecule has 2 rings (SSSR count). The summed E-state index contributed by atoms with van der Waals surface area (Å²) in [6.07, 6.45) is 4.41. The van der Waals surface area contributed by atoms with Crippen LogP contribution in [0.3, 0.4) is 0 Å². The maximum atomic E-state index is 13.6. The van der Waals surface area contributed by atoms with E-state index in [0.717, 1.165) is 11.6 Å². The van der Waals surface area contributed by atoms with Gasteiger partial charge in [-0.15, -0.1) is 0 Å². The molecule has 0 aliphatic rings. The molecule has 1 amide bonds. The Labute approximate surface area is 121 Å². The summed E-state index contributed by atoms with van der Waals surface area (Å²) in [6, 6.07) is 2.83. The maximum absolute atomic E-state index is 13.6. The lowest BCUT2D eigenvalue weighted by Crippen LogP contribution is -2.27. The van der Waals surface area contributed by atoms with Crippen molar-refractivity contribution in [2.75, 3.05) is 0 Å². The quantitative estimate of drug-likeness (QED) is 0.920. The molecule has 112 valence electrons. The van der Waals surface area contributed by atoms with Gasteiger partial charge in [-0.3, -0.25) is 9.48 Å². The second-order valence-electron chi connectivity index (χ2n) is 4.98. The lowest BCUT2D eigenvalue weighted by molar-refractivity contribution is -0.121. The zero-order chi connectivity index (χ0) is 15.4. The second-order valence-corrected chi connectivity index (χ2v) is 4.98. The van der Waals surface area contributed by atoms with Gasteiger partial charge < -0.3 is 5.32 Å². The number of rotatable bonds is 5. The number of nitrogens with zero attached hydrogens (tertiary/aromatic N) is 2. The molecular formula is C15H17F2N3O. The molecule has 1 unspecified atom stereocenters. The van der Waals surface area contributed by atoms with Crippen molar-refractivity contribution >= 4 is 5.91 Å². The van der Waals surface area contributed by atoms with Crippen LogP contribution >= 0.6 is 0 Å². The summed E-state index contributed by atoms with van der Waals surface area (Å²) in [5.74, 6) is -1.48. The lowest BCUT2D eigenvalue weighted by atomic mass is 10.1. The van der Waals surface area contributed by atoms with Gasteiger partial charge in [0, 0.05) is 31.3 Å². The van der Waals surface area contributed by atoms with E-state index in [-0.39, 0.29) is 11.5 Å². The number of hydrogen-bond donors (Lipinski definition) is 1. The van der Waals surface area contributed by atoms with Crippen molar-refractivity contribution in [1.29, 1.82) is 0 Å². The molecule has 21 heavy (non-hydrogen) atoms. The fourth-order valence-electron chi connectivity index (χ4n) is 2.10. The molecule has 6 heteroatoms. The number of carbonyl (C=O) groups is 1. The monoisotopic (exact) mass is 293 g/mol. The number of hydrogen-bond acceptors (Lipinski definition) is 2. The minimum absolute atomic E-state index is 0.185. The average molecular weight is 293 g/mol. The van der Waals surface area contributed by atoms with Gasteiger partial charge in [-0.05, 0) is 25.0 Å². The smallest absolute Gasteiger partial charge is 0.220 e. The highest BCUT2D eigenvalue weighted by atomic mass is 19.1. The van der Waals surface area contributed by atoms with Gasteiger partial charge in [0.25, 0.3) is 0 Å². The van der Waals surface area contributed by atoms with Crippen LogP contribution in [0.25, 0.3) is 0 Å². The fraction of sp³-hybridized carbons (Fsp3) is 0.333. The zero-order valence-corrected chi connectivity index (χ0v) is 11.9. The molecule has 2 aromatic rings. The number of aromatic nitrogens is 2. The number of nitrogens with one attached hydrogen (secondary N) is 1. The first kappa shape index (κ1) is 15.2. The zero-order valence-electron chi connectivity index (χ0n) is 11.9. The van der Waals surface area contributed by atoms with Gasteiger partial charge in [0.2, 0.25) is 5.91 Å². The third-order valence-electron chi connectivity index (χ3n) is 3.21. The van der Waals surface area contributed by atoms with E-state index >= 15 is 0 Å². The van der Waals surface area contributed by atoms with Gasteiger partial charge in [0.05, 0.1) is 12.2 Å². The molecule has 0 saturated heterocycles. The number of amides is 1. The summed E-state index contributed by atoms with van der Waals surface area (Å²) in [6.45, 7) is 1.66. The number of halogens is 2. The minimum Gasteiger partial charge on any atom is -0.349 e. The third kappa shape index (κ3) is 4.11. The molecule has 1 heterocycles. The van der Waals surface area contributed by atoms with Crippen molar-refractivity contribution < 1.29 is 13.6 Å². The molecule has 0 aliphatic heterocycles. The van der Waals surface area contributed by atoms with Crippen LogP contribution in [0.2, 0.25) is 0 Å². The first-order valence-electron chi connectivity index (χ1n) is 6.67. The summed E-state index contributed by atoms with van der Waals surface area (Å²) >= 11 is 0. The van der Waals surface area contributed by atoms with Crippen LogP contribution in [0.15, 0.2) is 30.6 Å². The highest BCUT2D eigenvalue weighted by molar-refractivity contribution is 5.76. The molecule has 0 fully saturated rings. The molecule has 0 aliphatic carbocycles. The Morgan fingerprint density at radius 1 is 1.43 bits per heavy atom. The molecule has 0 bridgehead atoms. The minimum atomic E-state index is -0.657. The Hall–Kier alpha value is -2.24. The number of benzene rings is 1. The van der Waals surface area contributed by atoms with Gasteiger partial charge in [-0.2, -0.15) is 5.10 Å². The highest BCUT2D eigenvalue weighted by Crippen LogP contribution is 2.17. The molecule has 1 N–H and O–H groups in total. The fourth-order valence-corrected chi connectivity index (χ4v) is 2.10. The molecular weight excluding hydrogens is 276 g/mol. The topological polar surface area (TPSA) is 46.9 Å². The third-order valence-corrected chi connectivity index (χ3v) is 3.21. The van der Waals surface area contributed by atoms with Crippen LogP contribution in [0.5, 0.6) is 0 Å². The summed E-state index contributed by atoms with van der Waals surface area (Å²) < 4.78 is 28.1. The first-order valence-corrected chi connectivity index (χ1v) is 6.67. The van der Waals surface area contributed by atoms with Gasteiger partial charge in [-0.25, -0.2) is 8.78 Å². The van der Waals surface area contributed by atoms with Crippen molar-refractivity contribution in [2.24, 2.45) is 7.05 Å². The van der Waals surface area contributed by atoms with Crippen molar-refractivity contribution in [3.8, 4) is 0 Å². The number of aryl methyl sites for hydroxylation is 2. The Balaban J connectivity index is 1.89. The number of carbonyl (C=O) groups excluding carboxylic acids is 1. The van der Waals surface area contributed by atoms with E-state index in [0.29, 0.717) is 12.8 Å². The first-order chi connectivity index (χ1) is 9.95. The second kappa shape index (κ2) is 6.47. The van der Waals surface area contributed by atoms with E-state index in [2.05, 4.69) is 10.4 Å². The van der Waals surface area contributed by atoms with Crippen LogP contribution in [0.1, 0.15) is 30.5 Å². The van der Waals surface area contributed by atoms with Gasteiger partial charge in [0.15, 0.2) is 0 Å². The summed E-state index contributed by atoms with van der Waals surface area (Å²) in [4.78, 5) is 11.9. The van der Waals surface area contributed by atoms with Crippen LogP contribution in [0, 0.1) is 11.6 Å². The van der Waals surface area contributed by atoms with E-state index < -0.39 is 17.7 Å². The van der Waals surface area contributed by atoms with Gasteiger partial charge >= 0.3 is 0 Å². The molecule has 4 nitrogen and oxygen atoms in total. The van der Waals surface area contributed by atoms with E-state index in [1.165, 1.54) is 12.1 Å². The Morgan fingerprint density at radius 2 is 2.19 bits per heavy atom. The molecule has 1 aromatic heterocycles. The van der Waals surface area contributed by atoms with Crippen LogP contribution in [0.4, 0.5) is 8.78 Å². The largest absolute Gasteiger partial charge is 0.349 e. The summed E-state index contributed by atoms with van der Waals surface area (Å²) in [7, 11) is 1.81. The van der Waals surface area contributed by atoms with E-state index in [9.17, 15) is 13.6 Å². The van der Waals surface area contributed by atoms with Crippen molar-refractivity contribution in [3.63, 3.8) is 0 Å². The predicted octanol–water partition coefficient (Wildman–Crippen LogP) is 2.51. The summed E-state index contributed by atoms with van der Waals surface area (Å²) in [5.41, 5.74) is 1.24. The normalized spacial score (nSPS) is 12.2. The molecule has 0 spiro atoms. The van der Waals surface area contributed by atoms with Crippen molar-refractivity contribution in [2.45, 2.75) is 25.8 Å². The molecule has 0 saturated carbocycles. The van der Waals surface area contributed by atoms with Gasteiger partial charge in [0.1, 0.15) is 11.6 Å². The average Bonchev–Trinajstić information content (AvgIpc) is 2.82. The Morgan fingerprint density at radius 3 is 2.81 bits per heavy atom.